The molecule has 4 fully saturated rings. The van der Waals surface area contributed by atoms with Crippen molar-refractivity contribution in [3.8, 4) is 0 Å². The number of hydrogen-bond acceptors (Lipinski definition) is 5. The second-order valence-electron chi connectivity index (χ2n) is 7.07. The number of rotatable bonds is 8. The monoisotopic (exact) mass is 312 g/mol. The number of carbonyl (C=O) groups excluding carboxylic acids is 1. The van der Waals surface area contributed by atoms with Crippen LogP contribution in [0.25, 0.3) is 0 Å². The fraction of sp³-hybridized carbons (Fsp3) is 0.875. The van der Waals surface area contributed by atoms with Crippen LogP contribution in [0.1, 0.15) is 38.5 Å². The van der Waals surface area contributed by atoms with Crippen molar-refractivity contribution in [1.82, 2.24) is 0 Å². The van der Waals surface area contributed by atoms with Gasteiger partial charge in [0.15, 0.2) is 0 Å². The van der Waals surface area contributed by atoms with Gasteiger partial charge in [-0.2, -0.15) is 0 Å². The van der Waals surface area contributed by atoms with Gasteiger partial charge in [0.2, 0.25) is 0 Å². The van der Waals surface area contributed by atoms with Gasteiger partial charge in [-0.15, -0.1) is 0 Å². The minimum absolute atomic E-state index is 0.0851. The Kier molecular flexibility index (Phi) is 4.68. The van der Waals surface area contributed by atoms with Crippen molar-refractivity contribution in [3.63, 3.8) is 0 Å². The van der Waals surface area contributed by atoms with Crippen LogP contribution in [0.3, 0.4) is 0 Å². The van der Waals surface area contributed by atoms with Crippen molar-refractivity contribution in [2.75, 3.05) is 26.4 Å². The first kappa shape index (κ1) is 15.7. The molecule has 6 nitrogen and oxygen atoms in total. The van der Waals surface area contributed by atoms with E-state index in [4.69, 9.17) is 19.3 Å². The lowest BCUT2D eigenvalue weighted by atomic mass is 9.54. The molecule has 0 aromatic carbocycles. The molecular formula is C16H24O6. The maximum Gasteiger partial charge on any atom is 0.332 e. The Morgan fingerprint density at radius 1 is 0.909 bits per heavy atom. The molecule has 4 saturated carbocycles. The fourth-order valence-corrected chi connectivity index (χ4v) is 4.86. The summed E-state index contributed by atoms with van der Waals surface area (Å²) in [6, 6.07) is 0. The first-order chi connectivity index (χ1) is 10.5. The highest BCUT2D eigenvalue weighted by atomic mass is 16.6. The van der Waals surface area contributed by atoms with Gasteiger partial charge >= 0.3 is 11.9 Å². The Morgan fingerprint density at radius 2 is 1.41 bits per heavy atom. The van der Waals surface area contributed by atoms with Crippen LogP contribution in [0.5, 0.6) is 0 Å². The lowest BCUT2D eigenvalue weighted by Gasteiger charge is -2.55. The van der Waals surface area contributed by atoms with Crippen LogP contribution in [0, 0.1) is 17.8 Å². The number of carboxylic acid groups (broad SMARTS) is 1. The zero-order chi connectivity index (χ0) is 15.6. The molecular weight excluding hydrogens is 288 g/mol. The van der Waals surface area contributed by atoms with Crippen LogP contribution in [0.2, 0.25) is 0 Å². The Hall–Kier alpha value is -1.14. The van der Waals surface area contributed by atoms with E-state index in [1.807, 2.05) is 0 Å². The maximum atomic E-state index is 12.0. The molecule has 0 aliphatic heterocycles. The highest BCUT2D eigenvalue weighted by Gasteiger charge is 2.53. The Morgan fingerprint density at radius 3 is 1.91 bits per heavy atom. The second kappa shape index (κ2) is 6.54. The van der Waals surface area contributed by atoms with Crippen LogP contribution >= 0.6 is 0 Å². The van der Waals surface area contributed by atoms with Crippen molar-refractivity contribution in [1.29, 1.82) is 0 Å². The largest absolute Gasteiger partial charge is 0.480 e. The third kappa shape index (κ3) is 3.79. The summed E-state index contributed by atoms with van der Waals surface area (Å²) in [4.78, 5) is 22.2. The van der Waals surface area contributed by atoms with Gasteiger partial charge in [0.1, 0.15) is 18.8 Å². The number of esters is 1. The molecule has 4 bridgehead atoms. The quantitative estimate of drug-likeness (QED) is 0.542. The SMILES string of the molecule is O=C(O)COCCOCC(=O)OC12CC3CC(CC(C3)C1)C2. The van der Waals surface area contributed by atoms with Crippen molar-refractivity contribution in [2.24, 2.45) is 17.8 Å². The van der Waals surface area contributed by atoms with Gasteiger partial charge in [0.25, 0.3) is 0 Å². The van der Waals surface area contributed by atoms with E-state index in [1.54, 1.807) is 0 Å². The van der Waals surface area contributed by atoms with Gasteiger partial charge in [-0.25, -0.2) is 9.59 Å². The molecule has 6 heteroatoms. The van der Waals surface area contributed by atoms with Crippen LogP contribution in [0.4, 0.5) is 0 Å². The van der Waals surface area contributed by atoms with Gasteiger partial charge < -0.3 is 19.3 Å². The van der Waals surface area contributed by atoms with E-state index in [1.165, 1.54) is 19.3 Å². The molecule has 4 aliphatic rings. The topological polar surface area (TPSA) is 82.1 Å². The molecule has 0 heterocycles. The summed E-state index contributed by atoms with van der Waals surface area (Å²) in [5.41, 5.74) is -0.227. The van der Waals surface area contributed by atoms with E-state index in [9.17, 15) is 9.59 Å². The van der Waals surface area contributed by atoms with Gasteiger partial charge in [-0.1, -0.05) is 0 Å². The molecule has 4 rings (SSSR count). The van der Waals surface area contributed by atoms with Crippen LogP contribution < -0.4 is 0 Å². The average molecular weight is 312 g/mol. The third-order valence-corrected chi connectivity index (χ3v) is 5.13. The summed E-state index contributed by atoms with van der Waals surface area (Å²) in [7, 11) is 0. The normalized spacial score (nSPS) is 35.5. The molecule has 22 heavy (non-hydrogen) atoms. The molecule has 0 atom stereocenters. The fourth-order valence-electron chi connectivity index (χ4n) is 4.86. The molecule has 0 spiro atoms. The summed E-state index contributed by atoms with van der Waals surface area (Å²) in [6.45, 7) is -0.0700. The molecule has 0 amide bonds. The van der Waals surface area contributed by atoms with Gasteiger partial charge in [-0.05, 0) is 56.3 Å². The molecule has 1 N–H and O–H groups in total. The van der Waals surface area contributed by atoms with Crippen molar-refractivity contribution in [3.05, 3.63) is 0 Å². The smallest absolute Gasteiger partial charge is 0.332 e. The second-order valence-corrected chi connectivity index (χ2v) is 7.07. The summed E-state index contributed by atoms with van der Waals surface area (Å²) >= 11 is 0. The zero-order valence-electron chi connectivity index (χ0n) is 12.8. The van der Waals surface area contributed by atoms with Gasteiger partial charge in [0, 0.05) is 0 Å². The van der Waals surface area contributed by atoms with E-state index < -0.39 is 5.97 Å². The van der Waals surface area contributed by atoms with Crippen molar-refractivity contribution >= 4 is 11.9 Å². The number of carbonyl (C=O) groups is 2. The summed E-state index contributed by atoms with van der Waals surface area (Å²) < 4.78 is 15.8. The number of ether oxygens (including phenoxy) is 3. The minimum Gasteiger partial charge on any atom is -0.480 e. The van der Waals surface area contributed by atoms with E-state index in [0.717, 1.165) is 37.0 Å². The standard InChI is InChI=1S/C16H24O6/c17-14(18)9-20-1-2-21-10-15(19)22-16-6-11-3-12(7-16)5-13(4-11)8-16/h11-13H,1-10H2,(H,17,18). The predicted octanol–water partition coefficient (Wildman–Crippen LogP) is 1.62. The average Bonchev–Trinajstić information content (AvgIpc) is 2.40. The molecule has 0 unspecified atom stereocenters. The molecule has 4 aliphatic carbocycles. The summed E-state index contributed by atoms with van der Waals surface area (Å²) in [5, 5.41) is 8.41. The van der Waals surface area contributed by atoms with Gasteiger partial charge in [0.05, 0.1) is 13.2 Å². The summed E-state index contributed by atoms with van der Waals surface area (Å²) in [6.07, 6.45) is 7.00. The predicted molar refractivity (Wildman–Crippen MR) is 76.3 cm³/mol. The van der Waals surface area contributed by atoms with Crippen molar-refractivity contribution in [2.45, 2.75) is 44.1 Å². The lowest BCUT2D eigenvalue weighted by molar-refractivity contribution is -0.191. The number of aliphatic carboxylic acids is 1. The van der Waals surface area contributed by atoms with E-state index in [-0.39, 0.29) is 38.0 Å². The van der Waals surface area contributed by atoms with Crippen LogP contribution in [-0.2, 0) is 23.8 Å². The third-order valence-electron chi connectivity index (χ3n) is 5.13. The minimum atomic E-state index is -1.01. The molecule has 0 radical (unpaired) electrons. The Labute approximate surface area is 130 Å². The van der Waals surface area contributed by atoms with Crippen molar-refractivity contribution < 1.29 is 28.9 Å². The first-order valence-electron chi connectivity index (χ1n) is 8.14. The van der Waals surface area contributed by atoms with E-state index in [2.05, 4.69) is 0 Å². The first-order valence-corrected chi connectivity index (χ1v) is 8.14. The zero-order valence-corrected chi connectivity index (χ0v) is 12.8. The number of hydrogen-bond donors (Lipinski definition) is 1. The molecule has 0 aromatic rings. The van der Waals surface area contributed by atoms with Gasteiger partial charge in [-0.3, -0.25) is 0 Å². The molecule has 0 saturated heterocycles. The maximum absolute atomic E-state index is 12.0. The van der Waals surface area contributed by atoms with Crippen LogP contribution in [-0.4, -0.2) is 49.1 Å². The highest BCUT2D eigenvalue weighted by molar-refractivity contribution is 5.71. The lowest BCUT2D eigenvalue weighted by Crippen LogP contribution is -2.53. The van der Waals surface area contributed by atoms with Crippen LogP contribution in [0.15, 0.2) is 0 Å². The Balaban J connectivity index is 1.36. The molecule has 124 valence electrons. The molecule has 0 aromatic heterocycles. The Bertz CT molecular complexity index is 397. The number of carboxylic acids is 1. The van der Waals surface area contributed by atoms with E-state index in [0.29, 0.717) is 0 Å². The van der Waals surface area contributed by atoms with E-state index >= 15 is 0 Å². The summed E-state index contributed by atoms with van der Waals surface area (Å²) in [5.74, 6) is 0.902. The highest BCUT2D eigenvalue weighted by Crippen LogP contribution is 2.57.